The molecule has 122 valence electrons. The van der Waals surface area contributed by atoms with Gasteiger partial charge in [0.05, 0.1) is 10.8 Å². The maximum atomic E-state index is 12.1. The van der Waals surface area contributed by atoms with Crippen molar-refractivity contribution in [3.8, 4) is 0 Å². The largest absolute Gasteiger partial charge is 0.481 e. The van der Waals surface area contributed by atoms with Gasteiger partial charge in [-0.05, 0) is 50.2 Å². The number of carboxylic acid groups (broad SMARTS) is 1. The fourth-order valence-corrected chi connectivity index (χ4v) is 3.29. The van der Waals surface area contributed by atoms with Crippen molar-refractivity contribution in [2.45, 2.75) is 17.7 Å². The molecule has 0 amide bonds. The zero-order valence-electron chi connectivity index (χ0n) is 13.3. The zero-order chi connectivity index (χ0) is 16.8. The molecule has 0 heterocycles. The van der Waals surface area contributed by atoms with E-state index in [4.69, 9.17) is 0 Å². The van der Waals surface area contributed by atoms with E-state index in [1.165, 1.54) is 0 Å². The highest BCUT2D eigenvalue weighted by Crippen LogP contribution is 2.18. The fourth-order valence-electron chi connectivity index (χ4n) is 2.42. The van der Waals surface area contributed by atoms with Crippen molar-refractivity contribution in [1.82, 2.24) is 4.31 Å². The molecule has 0 aliphatic carbocycles. The number of hydrogen-bond acceptors (Lipinski definition) is 2. The van der Waals surface area contributed by atoms with Crippen LogP contribution in [0.15, 0.2) is 59.5 Å². The van der Waals surface area contributed by atoms with Crippen molar-refractivity contribution in [3.63, 3.8) is 0 Å². The lowest BCUT2D eigenvalue weighted by Gasteiger charge is -2.14. The average Bonchev–Trinajstić information content (AvgIpc) is 2.54. The topological polar surface area (TPSA) is 57.6 Å². The Hall–Kier alpha value is -1.98. The van der Waals surface area contributed by atoms with Crippen LogP contribution in [0.4, 0.5) is 0 Å². The molecular weight excluding hydrogens is 310 g/mol. The molecule has 0 aromatic heterocycles. The molecule has 2 unspecified atom stereocenters. The van der Waals surface area contributed by atoms with Gasteiger partial charge in [-0.15, -0.1) is 0 Å². The molecule has 0 radical (unpaired) electrons. The normalized spacial score (nSPS) is 13.7. The highest BCUT2D eigenvalue weighted by atomic mass is 32.2. The first-order valence-electron chi connectivity index (χ1n) is 7.42. The molecule has 0 spiro atoms. The van der Waals surface area contributed by atoms with Gasteiger partial charge >= 0.3 is 5.97 Å². The van der Waals surface area contributed by atoms with Gasteiger partial charge in [0.2, 0.25) is 0 Å². The Morgan fingerprint density at radius 3 is 2.26 bits per heavy atom. The number of nitrogens with zero attached hydrogens (tertiary/aromatic N) is 1. The van der Waals surface area contributed by atoms with Crippen LogP contribution in [-0.4, -0.2) is 33.7 Å². The van der Waals surface area contributed by atoms with Crippen molar-refractivity contribution in [2.75, 3.05) is 14.1 Å². The van der Waals surface area contributed by atoms with Crippen LogP contribution in [0.5, 0.6) is 0 Å². The van der Waals surface area contributed by atoms with Crippen molar-refractivity contribution in [2.24, 2.45) is 5.92 Å². The van der Waals surface area contributed by atoms with Crippen molar-refractivity contribution >= 4 is 17.0 Å². The quantitative estimate of drug-likeness (QED) is 0.849. The summed E-state index contributed by atoms with van der Waals surface area (Å²) in [4.78, 5) is 12.3. The molecule has 2 atom stereocenters. The van der Waals surface area contributed by atoms with E-state index in [1.807, 2.05) is 48.5 Å². The van der Waals surface area contributed by atoms with Crippen molar-refractivity contribution < 1.29 is 14.1 Å². The molecule has 0 aliphatic rings. The smallest absolute Gasteiger partial charge is 0.307 e. The van der Waals surface area contributed by atoms with Gasteiger partial charge in [0, 0.05) is 0 Å². The predicted octanol–water partition coefficient (Wildman–Crippen LogP) is 2.76. The summed E-state index contributed by atoms with van der Waals surface area (Å²) in [5.41, 5.74) is 1.90. The second kappa shape index (κ2) is 8.04. The summed E-state index contributed by atoms with van der Waals surface area (Å²) in [5, 5.41) is 9.49. The summed E-state index contributed by atoms with van der Waals surface area (Å²) in [7, 11) is 2.27. The Morgan fingerprint density at radius 2 is 1.65 bits per heavy atom. The van der Waals surface area contributed by atoms with Crippen LogP contribution in [0.25, 0.3) is 0 Å². The van der Waals surface area contributed by atoms with E-state index in [9.17, 15) is 14.1 Å². The third-order valence-corrected chi connectivity index (χ3v) is 4.91. The second-order valence-electron chi connectivity index (χ2n) is 5.64. The first-order valence-corrected chi connectivity index (χ1v) is 8.53. The molecule has 0 saturated heterocycles. The van der Waals surface area contributed by atoms with E-state index in [2.05, 4.69) is 0 Å². The van der Waals surface area contributed by atoms with Gasteiger partial charge in [0.25, 0.3) is 0 Å². The summed E-state index contributed by atoms with van der Waals surface area (Å²) >= 11 is 0. The first kappa shape index (κ1) is 17.4. The lowest BCUT2D eigenvalue weighted by molar-refractivity contribution is -0.141. The molecule has 2 rings (SSSR count). The number of benzene rings is 2. The van der Waals surface area contributed by atoms with Crippen LogP contribution in [0.3, 0.4) is 0 Å². The van der Waals surface area contributed by atoms with Crippen molar-refractivity contribution in [1.29, 1.82) is 0 Å². The second-order valence-corrected chi connectivity index (χ2v) is 7.34. The molecule has 2 aromatic rings. The van der Waals surface area contributed by atoms with E-state index < -0.39 is 22.9 Å². The molecular formula is C18H21NO3S. The SMILES string of the molecule is CN(C)S(=O)c1cccc(CC(Cc2ccccc2)C(=O)O)c1. The maximum absolute atomic E-state index is 12.1. The summed E-state index contributed by atoms with van der Waals surface area (Å²) in [5.74, 6) is -1.31. The van der Waals surface area contributed by atoms with Gasteiger partial charge < -0.3 is 5.11 Å². The minimum absolute atomic E-state index is 0.419. The van der Waals surface area contributed by atoms with Gasteiger partial charge in [-0.3, -0.25) is 4.79 Å². The number of carbonyl (C=O) groups is 1. The van der Waals surface area contributed by atoms with Gasteiger partial charge in [-0.1, -0.05) is 42.5 Å². The van der Waals surface area contributed by atoms with E-state index in [0.717, 1.165) is 11.1 Å². The Kier molecular flexibility index (Phi) is 6.07. The highest BCUT2D eigenvalue weighted by molar-refractivity contribution is 7.82. The van der Waals surface area contributed by atoms with Crippen LogP contribution in [0, 0.1) is 5.92 Å². The monoisotopic (exact) mass is 331 g/mol. The number of carboxylic acids is 1. The molecule has 23 heavy (non-hydrogen) atoms. The summed E-state index contributed by atoms with van der Waals surface area (Å²) < 4.78 is 13.8. The molecule has 2 aromatic carbocycles. The lowest BCUT2D eigenvalue weighted by atomic mass is 9.93. The van der Waals surface area contributed by atoms with E-state index in [1.54, 1.807) is 24.5 Å². The average molecular weight is 331 g/mol. The molecule has 0 saturated carbocycles. The number of hydrogen-bond donors (Lipinski definition) is 1. The molecule has 5 heteroatoms. The molecule has 0 fully saturated rings. The van der Waals surface area contributed by atoms with Crippen LogP contribution in [-0.2, 0) is 28.6 Å². The van der Waals surface area contributed by atoms with Crippen LogP contribution in [0.2, 0.25) is 0 Å². The third kappa shape index (κ3) is 5.01. The standard InChI is InChI=1S/C18H21NO3S/c1-19(2)23(22)17-10-6-9-15(13-17)12-16(18(20)21)11-14-7-4-3-5-8-14/h3-10,13,16H,11-12H2,1-2H3,(H,20,21). The Bertz CT molecular complexity index is 686. The minimum Gasteiger partial charge on any atom is -0.481 e. The first-order chi connectivity index (χ1) is 11.0. The van der Waals surface area contributed by atoms with E-state index >= 15 is 0 Å². The highest BCUT2D eigenvalue weighted by Gasteiger charge is 2.19. The third-order valence-electron chi connectivity index (χ3n) is 3.59. The van der Waals surface area contributed by atoms with Crippen LogP contribution >= 0.6 is 0 Å². The molecule has 0 bridgehead atoms. The van der Waals surface area contributed by atoms with Gasteiger partial charge in [0.15, 0.2) is 0 Å². The Morgan fingerprint density at radius 1 is 1.04 bits per heavy atom. The molecule has 1 N–H and O–H groups in total. The molecule has 4 nitrogen and oxygen atoms in total. The predicted molar refractivity (Wildman–Crippen MR) is 91.5 cm³/mol. The van der Waals surface area contributed by atoms with E-state index in [-0.39, 0.29) is 0 Å². The lowest BCUT2D eigenvalue weighted by Crippen LogP contribution is -2.19. The maximum Gasteiger partial charge on any atom is 0.307 e. The number of aliphatic carboxylic acids is 1. The van der Waals surface area contributed by atoms with Gasteiger partial charge in [-0.2, -0.15) is 0 Å². The number of rotatable bonds is 7. The van der Waals surface area contributed by atoms with Crippen LogP contribution in [0.1, 0.15) is 11.1 Å². The fraction of sp³-hybridized carbons (Fsp3) is 0.278. The van der Waals surface area contributed by atoms with Gasteiger partial charge in [-0.25, -0.2) is 8.51 Å². The minimum atomic E-state index is -1.22. The summed E-state index contributed by atoms with van der Waals surface area (Å²) in [6, 6.07) is 17.0. The summed E-state index contributed by atoms with van der Waals surface area (Å²) in [6.07, 6.45) is 0.903. The molecule has 0 aliphatic heterocycles. The Labute approximate surface area is 139 Å². The summed E-state index contributed by atoms with van der Waals surface area (Å²) in [6.45, 7) is 0. The van der Waals surface area contributed by atoms with E-state index in [0.29, 0.717) is 17.7 Å². The van der Waals surface area contributed by atoms with Crippen LogP contribution < -0.4 is 0 Å². The van der Waals surface area contributed by atoms with Crippen molar-refractivity contribution in [3.05, 3.63) is 65.7 Å². The Balaban J connectivity index is 2.16. The van der Waals surface area contributed by atoms with Gasteiger partial charge in [0.1, 0.15) is 11.0 Å². The zero-order valence-corrected chi connectivity index (χ0v) is 14.1.